The summed E-state index contributed by atoms with van der Waals surface area (Å²) in [5, 5.41) is 10.4. The van der Waals surface area contributed by atoms with Gasteiger partial charge in [-0.05, 0) is 29.8 Å². The molecule has 0 aliphatic heterocycles. The third kappa shape index (κ3) is 4.67. The van der Waals surface area contributed by atoms with Crippen LogP contribution in [-0.4, -0.2) is 41.0 Å². The third-order valence-electron chi connectivity index (χ3n) is 6.72. The highest BCUT2D eigenvalue weighted by Crippen LogP contribution is 2.32. The number of aromatic nitrogens is 7. The Labute approximate surface area is 232 Å². The number of pyridine rings is 3. The minimum atomic E-state index is -0.352. The number of carbonyl (C=O) groups excluding carboxylic acids is 1. The van der Waals surface area contributed by atoms with E-state index >= 15 is 0 Å². The van der Waals surface area contributed by atoms with E-state index in [0.717, 1.165) is 16.6 Å². The average Bonchev–Trinajstić information content (AvgIpc) is 3.62. The number of fused-ring (bicyclic) bond motifs is 2. The average molecular weight is 541 g/mol. The molecule has 198 valence electrons. The smallest absolute Gasteiger partial charge is 0.228 e. The van der Waals surface area contributed by atoms with Gasteiger partial charge in [0.05, 0.1) is 41.2 Å². The molecule has 7 rings (SSSR count). The fourth-order valence-electron chi connectivity index (χ4n) is 4.78. The second-order valence-corrected chi connectivity index (χ2v) is 9.49. The van der Waals surface area contributed by atoms with Gasteiger partial charge in [-0.15, -0.1) is 0 Å². The summed E-state index contributed by atoms with van der Waals surface area (Å²) in [7, 11) is 0. The molecule has 0 atom stereocenters. The lowest BCUT2D eigenvalue weighted by Crippen LogP contribution is -2.14. The van der Waals surface area contributed by atoms with Crippen molar-refractivity contribution in [1.29, 1.82) is 0 Å². The number of H-pyrrole nitrogens is 2. The molecule has 0 spiro atoms. The van der Waals surface area contributed by atoms with Gasteiger partial charge in [-0.3, -0.25) is 19.9 Å². The minimum Gasteiger partial charge on any atom is -0.335 e. The Morgan fingerprint density at radius 3 is 2.51 bits per heavy atom. The lowest BCUT2D eigenvalue weighted by atomic mass is 10.1. The summed E-state index contributed by atoms with van der Waals surface area (Å²) in [6.07, 6.45) is 6.80. The number of nitrogens with zero attached hydrogens (tertiary/aromatic N) is 5. The Hall–Kier alpha value is -5.77. The SMILES string of the molecule is O=C(Cc1ccccc1)Nc1cncc(-c2ccc3[nH]nc(-c4nc5c(-c6ccccc6F)cncc5[nH]4)c3n2)c1. The van der Waals surface area contributed by atoms with Crippen LogP contribution in [0.2, 0.25) is 0 Å². The van der Waals surface area contributed by atoms with E-state index in [1.54, 1.807) is 43.0 Å². The van der Waals surface area contributed by atoms with E-state index in [-0.39, 0.29) is 18.1 Å². The molecule has 7 aromatic rings. The zero-order valence-electron chi connectivity index (χ0n) is 21.5. The standard InChI is InChI=1S/C31H21FN8O/c32-23-9-5-4-8-21(23)22-16-34-17-26-28(22)38-31(37-26)30-29-25(39-40-30)11-10-24(36-29)19-13-20(15-33-14-19)35-27(41)12-18-6-2-1-3-7-18/h1-11,13-17H,12H2,(H,35,41)(H,37,38)(H,39,40). The van der Waals surface area contributed by atoms with Gasteiger partial charge < -0.3 is 10.3 Å². The van der Waals surface area contributed by atoms with Gasteiger partial charge >= 0.3 is 0 Å². The maximum atomic E-state index is 14.6. The summed E-state index contributed by atoms with van der Waals surface area (Å²) < 4.78 is 14.6. The van der Waals surface area contributed by atoms with E-state index in [4.69, 9.17) is 9.97 Å². The second-order valence-electron chi connectivity index (χ2n) is 9.49. The van der Waals surface area contributed by atoms with Crippen molar-refractivity contribution in [1.82, 2.24) is 35.1 Å². The highest BCUT2D eigenvalue weighted by Gasteiger charge is 2.18. The van der Waals surface area contributed by atoms with Crippen molar-refractivity contribution in [2.24, 2.45) is 0 Å². The number of rotatable bonds is 6. The van der Waals surface area contributed by atoms with Crippen LogP contribution in [0.4, 0.5) is 10.1 Å². The summed E-state index contributed by atoms with van der Waals surface area (Å²) in [4.78, 5) is 34.0. The van der Waals surface area contributed by atoms with E-state index in [1.165, 1.54) is 6.07 Å². The van der Waals surface area contributed by atoms with Crippen molar-refractivity contribution >= 4 is 33.7 Å². The fourth-order valence-corrected chi connectivity index (χ4v) is 4.78. The molecule has 0 fully saturated rings. The number of halogens is 1. The first-order chi connectivity index (χ1) is 20.1. The Kier molecular flexibility index (Phi) is 5.97. The largest absolute Gasteiger partial charge is 0.335 e. The molecule has 0 bridgehead atoms. The van der Waals surface area contributed by atoms with Crippen LogP contribution in [0.15, 0.2) is 97.6 Å². The van der Waals surface area contributed by atoms with Crippen LogP contribution in [0.25, 0.3) is 56.0 Å². The van der Waals surface area contributed by atoms with Crippen molar-refractivity contribution in [3.8, 4) is 33.9 Å². The fraction of sp³-hybridized carbons (Fsp3) is 0.0323. The highest BCUT2D eigenvalue weighted by atomic mass is 19.1. The molecule has 0 unspecified atom stereocenters. The van der Waals surface area contributed by atoms with Crippen molar-refractivity contribution in [3.63, 3.8) is 0 Å². The van der Waals surface area contributed by atoms with Gasteiger partial charge in [0.25, 0.3) is 0 Å². The molecular weight excluding hydrogens is 519 g/mol. The first-order valence-corrected chi connectivity index (χ1v) is 12.9. The molecule has 3 N–H and O–H groups in total. The van der Waals surface area contributed by atoms with E-state index in [2.05, 4.69) is 30.5 Å². The van der Waals surface area contributed by atoms with Crippen LogP contribution < -0.4 is 5.32 Å². The molecule has 1 amide bonds. The van der Waals surface area contributed by atoms with Gasteiger partial charge in [0.2, 0.25) is 5.91 Å². The Bertz CT molecular complexity index is 2050. The van der Waals surface area contributed by atoms with Gasteiger partial charge in [-0.1, -0.05) is 48.5 Å². The molecule has 5 heterocycles. The molecule has 5 aromatic heterocycles. The first kappa shape index (κ1) is 24.3. The monoisotopic (exact) mass is 540 g/mol. The number of benzene rings is 2. The summed E-state index contributed by atoms with van der Waals surface area (Å²) in [5.74, 6) is -0.0127. The second kappa shape index (κ2) is 10.1. The quantitative estimate of drug-likeness (QED) is 0.240. The predicted molar refractivity (Wildman–Crippen MR) is 154 cm³/mol. The van der Waals surface area contributed by atoms with E-state index in [1.807, 2.05) is 48.5 Å². The molecule has 41 heavy (non-hydrogen) atoms. The van der Waals surface area contributed by atoms with Crippen LogP contribution in [-0.2, 0) is 11.2 Å². The number of amides is 1. The summed E-state index contributed by atoms with van der Waals surface area (Å²) >= 11 is 0. The zero-order chi connectivity index (χ0) is 27.8. The highest BCUT2D eigenvalue weighted by molar-refractivity contribution is 5.96. The third-order valence-corrected chi connectivity index (χ3v) is 6.72. The van der Waals surface area contributed by atoms with Crippen LogP contribution in [0.3, 0.4) is 0 Å². The lowest BCUT2D eigenvalue weighted by molar-refractivity contribution is -0.115. The Morgan fingerprint density at radius 1 is 0.805 bits per heavy atom. The van der Waals surface area contributed by atoms with Gasteiger partial charge in [-0.2, -0.15) is 5.10 Å². The van der Waals surface area contributed by atoms with E-state index < -0.39 is 0 Å². The maximum absolute atomic E-state index is 14.6. The van der Waals surface area contributed by atoms with E-state index in [9.17, 15) is 9.18 Å². The van der Waals surface area contributed by atoms with E-state index in [0.29, 0.717) is 50.6 Å². The molecule has 0 aliphatic carbocycles. The molecule has 9 nitrogen and oxygen atoms in total. The number of nitrogens with one attached hydrogen (secondary N) is 3. The number of anilines is 1. The molecule has 0 saturated carbocycles. The topological polar surface area (TPSA) is 125 Å². The number of hydrogen-bond donors (Lipinski definition) is 3. The van der Waals surface area contributed by atoms with Crippen molar-refractivity contribution < 1.29 is 9.18 Å². The molecule has 0 aliphatic rings. The first-order valence-electron chi connectivity index (χ1n) is 12.9. The van der Waals surface area contributed by atoms with Crippen LogP contribution >= 0.6 is 0 Å². The molecule has 2 aromatic carbocycles. The van der Waals surface area contributed by atoms with Crippen LogP contribution in [0.5, 0.6) is 0 Å². The number of hydrogen-bond acceptors (Lipinski definition) is 6. The van der Waals surface area contributed by atoms with Crippen molar-refractivity contribution in [2.45, 2.75) is 6.42 Å². The molecular formula is C31H21FN8O. The number of imidazole rings is 1. The molecule has 10 heteroatoms. The van der Waals surface area contributed by atoms with Crippen LogP contribution in [0.1, 0.15) is 5.56 Å². The normalized spacial score (nSPS) is 11.2. The lowest BCUT2D eigenvalue weighted by Gasteiger charge is -2.07. The van der Waals surface area contributed by atoms with Gasteiger partial charge in [0, 0.05) is 29.1 Å². The van der Waals surface area contributed by atoms with Gasteiger partial charge in [-0.25, -0.2) is 14.4 Å². The predicted octanol–water partition coefficient (Wildman–Crippen LogP) is 5.95. The number of aromatic amines is 2. The molecule has 0 saturated heterocycles. The Balaban J connectivity index is 1.22. The van der Waals surface area contributed by atoms with Crippen molar-refractivity contribution in [2.75, 3.05) is 5.32 Å². The van der Waals surface area contributed by atoms with Crippen LogP contribution in [0, 0.1) is 5.82 Å². The van der Waals surface area contributed by atoms with Crippen molar-refractivity contribution in [3.05, 3.63) is 109 Å². The number of carbonyl (C=O) groups is 1. The summed E-state index contributed by atoms with van der Waals surface area (Å²) in [5.41, 5.74) is 6.93. The summed E-state index contributed by atoms with van der Waals surface area (Å²) in [6, 6.07) is 21.6. The molecule has 0 radical (unpaired) electrons. The summed E-state index contributed by atoms with van der Waals surface area (Å²) in [6.45, 7) is 0. The van der Waals surface area contributed by atoms with Gasteiger partial charge in [0.1, 0.15) is 16.9 Å². The Morgan fingerprint density at radius 2 is 1.63 bits per heavy atom. The zero-order valence-corrected chi connectivity index (χ0v) is 21.5. The van der Waals surface area contributed by atoms with Gasteiger partial charge in [0.15, 0.2) is 11.5 Å². The minimum absolute atomic E-state index is 0.134. The maximum Gasteiger partial charge on any atom is 0.228 e.